The molecule has 2 aliphatic rings. The summed E-state index contributed by atoms with van der Waals surface area (Å²) in [6, 6.07) is 14.8. The molecule has 0 aliphatic carbocycles. The van der Waals surface area contributed by atoms with Crippen LogP contribution in [0.2, 0.25) is 0 Å². The van der Waals surface area contributed by atoms with Crippen LogP contribution in [-0.4, -0.2) is 47.7 Å². The van der Waals surface area contributed by atoms with Gasteiger partial charge in [0.15, 0.2) is 0 Å². The van der Waals surface area contributed by atoms with Crippen LogP contribution in [0.1, 0.15) is 22.3 Å². The fourth-order valence-electron chi connectivity index (χ4n) is 4.08. The number of hydrogen-bond donors (Lipinski definition) is 0. The number of halogens is 1. The molecule has 7 nitrogen and oxygen atoms in total. The summed E-state index contributed by atoms with van der Waals surface area (Å²) in [6.07, 6.45) is 0. The van der Waals surface area contributed by atoms with Crippen LogP contribution in [-0.2, 0) is 15.1 Å². The smallest absolute Gasteiger partial charge is 0.318 e. The lowest BCUT2D eigenvalue weighted by molar-refractivity contribution is -0.352. The number of fused-ring (bicyclic) bond motifs is 1. The molecule has 2 unspecified atom stereocenters. The number of benzene rings is 2. The summed E-state index contributed by atoms with van der Waals surface area (Å²) in [5, 5.41) is 18.1. The first-order chi connectivity index (χ1) is 13.8. The third-order valence-corrected chi connectivity index (χ3v) is 5.50. The summed E-state index contributed by atoms with van der Waals surface area (Å²) in [5.74, 6) is -3.78. The second-order valence-electron chi connectivity index (χ2n) is 7.02. The van der Waals surface area contributed by atoms with E-state index in [2.05, 4.69) is 0 Å². The maximum absolute atomic E-state index is 15.7. The Bertz CT molecular complexity index is 1040. The maximum atomic E-state index is 15.7. The summed E-state index contributed by atoms with van der Waals surface area (Å²) < 4.78 is 21.4. The normalized spacial score (nSPS) is 24.9. The highest BCUT2D eigenvalue weighted by atomic mass is 19.2. The molecule has 8 heteroatoms. The van der Waals surface area contributed by atoms with Crippen LogP contribution in [0.3, 0.4) is 0 Å². The average molecular weight is 390 g/mol. The standard InChI is InChI=1S/C21H15FN4O3/c1-25-17-20(15-7-3-13(11-23)4-8-15,16-9-5-14(12-24)6-10-16)29-21(17,22)18(27)26(2)19(25)28/h3-10,17H,1-2H3. The van der Waals surface area contributed by atoms with E-state index in [4.69, 9.17) is 15.3 Å². The number of amides is 3. The zero-order valence-electron chi connectivity index (χ0n) is 15.6. The van der Waals surface area contributed by atoms with E-state index in [1.165, 1.54) is 14.1 Å². The summed E-state index contributed by atoms with van der Waals surface area (Å²) in [5.41, 5.74) is 0.294. The molecule has 2 heterocycles. The number of hydrogen-bond acceptors (Lipinski definition) is 5. The summed E-state index contributed by atoms with van der Waals surface area (Å²) in [6.45, 7) is 0. The van der Waals surface area contributed by atoms with E-state index in [1.54, 1.807) is 48.5 Å². The van der Waals surface area contributed by atoms with Crippen LogP contribution in [0.5, 0.6) is 0 Å². The molecule has 0 radical (unpaired) electrons. The number of alkyl halides is 1. The molecule has 0 saturated carbocycles. The molecule has 2 saturated heterocycles. The number of rotatable bonds is 2. The topological polar surface area (TPSA) is 97.4 Å². The highest BCUT2D eigenvalue weighted by molar-refractivity contribution is 6.02. The Labute approximate surface area is 166 Å². The Hall–Kier alpha value is -3.75. The zero-order chi connectivity index (χ0) is 21.0. The quantitative estimate of drug-likeness (QED) is 0.784. The molecular weight excluding hydrogens is 375 g/mol. The lowest BCUT2D eigenvalue weighted by atomic mass is 9.69. The molecule has 4 rings (SSSR count). The molecule has 0 N–H and O–H groups in total. The van der Waals surface area contributed by atoms with Crippen molar-refractivity contribution < 1.29 is 18.7 Å². The van der Waals surface area contributed by atoms with Gasteiger partial charge in [0.2, 0.25) is 0 Å². The van der Waals surface area contributed by atoms with Gasteiger partial charge in [-0.05, 0) is 35.4 Å². The number of likely N-dealkylation sites (N-methyl/N-ethyl adjacent to an activating group) is 2. The van der Waals surface area contributed by atoms with Crippen LogP contribution in [0, 0.1) is 22.7 Å². The highest BCUT2D eigenvalue weighted by Crippen LogP contribution is 2.57. The molecule has 144 valence electrons. The van der Waals surface area contributed by atoms with Gasteiger partial charge in [-0.15, -0.1) is 0 Å². The van der Waals surface area contributed by atoms with Gasteiger partial charge in [-0.1, -0.05) is 24.3 Å². The second kappa shape index (κ2) is 6.13. The van der Waals surface area contributed by atoms with Gasteiger partial charge in [-0.3, -0.25) is 9.69 Å². The van der Waals surface area contributed by atoms with E-state index in [0.717, 1.165) is 4.90 Å². The first-order valence-corrected chi connectivity index (χ1v) is 8.75. The molecule has 3 amide bonds. The largest absolute Gasteiger partial charge is 0.326 e. The number of carbonyl (C=O) groups is 2. The van der Waals surface area contributed by atoms with Gasteiger partial charge in [-0.2, -0.15) is 14.9 Å². The van der Waals surface area contributed by atoms with Gasteiger partial charge in [0.25, 0.3) is 5.91 Å². The first-order valence-electron chi connectivity index (χ1n) is 8.75. The molecular formula is C21H15FN4O3. The minimum Gasteiger partial charge on any atom is -0.318 e. The van der Waals surface area contributed by atoms with Gasteiger partial charge >= 0.3 is 11.9 Å². The fraction of sp³-hybridized carbons (Fsp3) is 0.238. The van der Waals surface area contributed by atoms with E-state index in [0.29, 0.717) is 27.2 Å². The number of urea groups is 1. The predicted molar refractivity (Wildman–Crippen MR) is 97.7 cm³/mol. The van der Waals surface area contributed by atoms with Crippen LogP contribution in [0.15, 0.2) is 48.5 Å². The fourth-order valence-corrected chi connectivity index (χ4v) is 4.08. The van der Waals surface area contributed by atoms with Crippen LogP contribution in [0.4, 0.5) is 9.18 Å². The van der Waals surface area contributed by atoms with Crippen molar-refractivity contribution in [2.75, 3.05) is 14.1 Å². The van der Waals surface area contributed by atoms with E-state index in [-0.39, 0.29) is 0 Å². The molecule has 29 heavy (non-hydrogen) atoms. The molecule has 2 aliphatic heterocycles. The third kappa shape index (κ3) is 2.30. The Morgan fingerprint density at radius 3 is 1.79 bits per heavy atom. The Balaban J connectivity index is 1.93. The van der Waals surface area contributed by atoms with E-state index in [1.807, 2.05) is 12.1 Å². The lowest BCUT2D eigenvalue weighted by Crippen LogP contribution is -2.83. The van der Waals surface area contributed by atoms with Gasteiger partial charge in [0.1, 0.15) is 11.6 Å². The van der Waals surface area contributed by atoms with Crippen LogP contribution >= 0.6 is 0 Å². The second-order valence-corrected chi connectivity index (χ2v) is 7.02. The van der Waals surface area contributed by atoms with Crippen molar-refractivity contribution in [3.8, 4) is 12.1 Å². The minimum absolute atomic E-state index is 0.401. The molecule has 0 bridgehead atoms. The zero-order valence-corrected chi connectivity index (χ0v) is 15.6. The molecule has 0 spiro atoms. The Kier molecular flexibility index (Phi) is 3.93. The van der Waals surface area contributed by atoms with E-state index in [9.17, 15) is 9.59 Å². The summed E-state index contributed by atoms with van der Waals surface area (Å²) in [4.78, 5) is 26.9. The van der Waals surface area contributed by atoms with Gasteiger partial charge in [0.05, 0.1) is 23.3 Å². The van der Waals surface area contributed by atoms with Gasteiger partial charge in [0, 0.05) is 14.1 Å². The van der Waals surface area contributed by atoms with Crippen molar-refractivity contribution in [3.05, 3.63) is 70.8 Å². The lowest BCUT2D eigenvalue weighted by Gasteiger charge is -2.62. The van der Waals surface area contributed by atoms with Crippen LogP contribution < -0.4 is 0 Å². The first kappa shape index (κ1) is 18.6. The van der Waals surface area contributed by atoms with Gasteiger partial charge < -0.3 is 9.64 Å². The number of carbonyl (C=O) groups excluding carboxylic acids is 2. The third-order valence-electron chi connectivity index (χ3n) is 5.50. The minimum atomic E-state index is -2.71. The maximum Gasteiger partial charge on any atom is 0.326 e. The van der Waals surface area contributed by atoms with Crippen LogP contribution in [0.25, 0.3) is 0 Å². The van der Waals surface area contributed by atoms with E-state index < -0.39 is 29.4 Å². The van der Waals surface area contributed by atoms with Crippen molar-refractivity contribution in [3.63, 3.8) is 0 Å². The van der Waals surface area contributed by atoms with E-state index >= 15 is 4.39 Å². The van der Waals surface area contributed by atoms with Crippen molar-refractivity contribution in [1.82, 2.24) is 9.80 Å². The average Bonchev–Trinajstić information content (AvgIpc) is 2.74. The monoisotopic (exact) mass is 390 g/mol. The SMILES string of the molecule is CN1C(=O)N(C)C2C(F)(OC2(c2ccc(C#N)cc2)c2ccc(C#N)cc2)C1=O. The number of ether oxygens (including phenoxy) is 1. The van der Waals surface area contributed by atoms with Crippen molar-refractivity contribution in [1.29, 1.82) is 10.5 Å². The van der Waals surface area contributed by atoms with Crippen molar-refractivity contribution in [2.24, 2.45) is 0 Å². The Morgan fingerprint density at radius 1 is 0.931 bits per heavy atom. The molecule has 0 aromatic heterocycles. The molecule has 2 fully saturated rings. The molecule has 2 aromatic rings. The predicted octanol–water partition coefficient (Wildman–Crippen LogP) is 2.26. The number of imide groups is 1. The molecule has 2 aromatic carbocycles. The summed E-state index contributed by atoms with van der Waals surface area (Å²) >= 11 is 0. The van der Waals surface area contributed by atoms with Crippen molar-refractivity contribution >= 4 is 11.9 Å². The Morgan fingerprint density at radius 2 is 1.38 bits per heavy atom. The van der Waals surface area contributed by atoms with Crippen molar-refractivity contribution in [2.45, 2.75) is 17.5 Å². The number of nitriles is 2. The summed E-state index contributed by atoms with van der Waals surface area (Å²) in [7, 11) is 2.61. The van der Waals surface area contributed by atoms with Gasteiger partial charge in [-0.25, -0.2) is 4.79 Å². The number of nitrogens with zero attached hydrogens (tertiary/aromatic N) is 4. The highest BCUT2D eigenvalue weighted by Gasteiger charge is 2.77. The molecule has 2 atom stereocenters.